The Morgan fingerprint density at radius 3 is 2.43 bits per heavy atom. The lowest BCUT2D eigenvalue weighted by Gasteiger charge is -2.25. The molecular weight excluding hydrogens is 384 g/mol. The number of carbonyl (C=O) groups is 1. The second kappa shape index (κ2) is 7.97. The molecule has 0 N–H and O–H groups in total. The Balaban J connectivity index is 1.74. The predicted molar refractivity (Wildman–Crippen MR) is 104 cm³/mol. The standard InChI is InChI=1S/C19H22N2O6S/c1-20(11-14-4-7-16(25-2)8-5-14)19(22)12-21(28(3,23)24)15-6-9-17-18(10-15)27-13-26-17/h4-10H,11-13H2,1-3H3. The molecule has 0 aliphatic carbocycles. The quantitative estimate of drug-likeness (QED) is 0.698. The molecule has 150 valence electrons. The number of ether oxygens (including phenoxy) is 3. The normalized spacial score (nSPS) is 12.5. The summed E-state index contributed by atoms with van der Waals surface area (Å²) in [6.45, 7) is 0.119. The Hall–Kier alpha value is -2.94. The van der Waals surface area contributed by atoms with Gasteiger partial charge in [-0.25, -0.2) is 8.42 Å². The van der Waals surface area contributed by atoms with E-state index in [2.05, 4.69) is 0 Å². The van der Waals surface area contributed by atoms with E-state index >= 15 is 0 Å². The number of likely N-dealkylation sites (N-methyl/N-ethyl adjacent to an activating group) is 1. The van der Waals surface area contributed by atoms with Crippen LogP contribution in [0.15, 0.2) is 42.5 Å². The van der Waals surface area contributed by atoms with Crippen LogP contribution in [0, 0.1) is 0 Å². The second-order valence-electron chi connectivity index (χ2n) is 6.41. The summed E-state index contributed by atoms with van der Waals surface area (Å²) in [5.74, 6) is 1.38. The zero-order chi connectivity index (χ0) is 20.3. The lowest BCUT2D eigenvalue weighted by Crippen LogP contribution is -2.41. The number of carbonyl (C=O) groups excluding carboxylic acids is 1. The van der Waals surface area contributed by atoms with E-state index in [0.29, 0.717) is 23.7 Å². The molecule has 1 heterocycles. The first-order valence-corrected chi connectivity index (χ1v) is 10.4. The molecule has 3 rings (SSSR count). The minimum Gasteiger partial charge on any atom is -0.497 e. The summed E-state index contributed by atoms with van der Waals surface area (Å²) in [4.78, 5) is 14.2. The average molecular weight is 406 g/mol. The molecule has 0 saturated heterocycles. The summed E-state index contributed by atoms with van der Waals surface area (Å²) in [6, 6.07) is 12.1. The van der Waals surface area contributed by atoms with Gasteiger partial charge in [-0.15, -0.1) is 0 Å². The van der Waals surface area contributed by atoms with Gasteiger partial charge in [0.05, 0.1) is 19.1 Å². The number of nitrogens with zero attached hydrogens (tertiary/aromatic N) is 2. The molecule has 0 saturated carbocycles. The van der Waals surface area contributed by atoms with Gasteiger partial charge >= 0.3 is 0 Å². The molecule has 2 aromatic rings. The maximum absolute atomic E-state index is 12.7. The largest absolute Gasteiger partial charge is 0.497 e. The predicted octanol–water partition coefficient (Wildman–Crippen LogP) is 1.85. The monoisotopic (exact) mass is 406 g/mol. The van der Waals surface area contributed by atoms with Gasteiger partial charge < -0.3 is 19.1 Å². The lowest BCUT2D eigenvalue weighted by atomic mass is 10.2. The number of amides is 1. The van der Waals surface area contributed by atoms with E-state index in [0.717, 1.165) is 21.9 Å². The van der Waals surface area contributed by atoms with E-state index in [1.54, 1.807) is 32.4 Å². The molecule has 0 unspecified atom stereocenters. The van der Waals surface area contributed by atoms with Crippen molar-refractivity contribution < 1.29 is 27.4 Å². The first kappa shape index (κ1) is 19.8. The van der Waals surface area contributed by atoms with Crippen molar-refractivity contribution in [2.45, 2.75) is 6.54 Å². The Bertz CT molecular complexity index is 959. The van der Waals surface area contributed by atoms with Crippen LogP contribution in [0.25, 0.3) is 0 Å². The minimum atomic E-state index is -3.67. The van der Waals surface area contributed by atoms with Gasteiger partial charge in [0.2, 0.25) is 22.7 Å². The van der Waals surface area contributed by atoms with Gasteiger partial charge in [-0.05, 0) is 29.8 Å². The van der Waals surface area contributed by atoms with Crippen molar-refractivity contribution in [2.75, 3.05) is 38.1 Å². The number of hydrogen-bond donors (Lipinski definition) is 0. The Kier molecular flexibility index (Phi) is 5.64. The van der Waals surface area contributed by atoms with Crippen LogP contribution in [0.4, 0.5) is 5.69 Å². The second-order valence-corrected chi connectivity index (χ2v) is 8.31. The average Bonchev–Trinajstić information content (AvgIpc) is 3.13. The molecular formula is C19H22N2O6S. The summed E-state index contributed by atoms with van der Waals surface area (Å²) >= 11 is 0. The highest BCUT2D eigenvalue weighted by Gasteiger charge is 2.25. The SMILES string of the molecule is COc1ccc(CN(C)C(=O)CN(c2ccc3c(c2)OCO3)S(C)(=O)=O)cc1. The van der Waals surface area contributed by atoms with Crippen LogP contribution in [0.3, 0.4) is 0 Å². The smallest absolute Gasteiger partial charge is 0.243 e. The van der Waals surface area contributed by atoms with Gasteiger partial charge in [-0.2, -0.15) is 0 Å². The van der Waals surface area contributed by atoms with Gasteiger partial charge in [-0.1, -0.05) is 12.1 Å². The third-order valence-electron chi connectivity index (χ3n) is 4.33. The van der Waals surface area contributed by atoms with Crippen LogP contribution in [0.5, 0.6) is 17.2 Å². The van der Waals surface area contributed by atoms with E-state index in [9.17, 15) is 13.2 Å². The molecule has 28 heavy (non-hydrogen) atoms. The number of fused-ring (bicyclic) bond motifs is 1. The van der Waals surface area contributed by atoms with Crippen LogP contribution in [0.2, 0.25) is 0 Å². The van der Waals surface area contributed by atoms with Gasteiger partial charge in [0.25, 0.3) is 0 Å². The van der Waals surface area contributed by atoms with Crippen molar-refractivity contribution in [1.29, 1.82) is 0 Å². The molecule has 0 aromatic heterocycles. The molecule has 0 radical (unpaired) electrons. The van der Waals surface area contributed by atoms with Crippen LogP contribution >= 0.6 is 0 Å². The summed E-state index contributed by atoms with van der Waals surface area (Å²) in [7, 11) is -0.457. The first-order chi connectivity index (χ1) is 13.3. The van der Waals surface area contributed by atoms with Crippen LogP contribution in [0.1, 0.15) is 5.56 Å². The molecule has 1 amide bonds. The topological polar surface area (TPSA) is 85.4 Å². The molecule has 2 aromatic carbocycles. The van der Waals surface area contributed by atoms with E-state index in [1.807, 2.05) is 24.3 Å². The number of anilines is 1. The van der Waals surface area contributed by atoms with Crippen LogP contribution < -0.4 is 18.5 Å². The van der Waals surface area contributed by atoms with Crippen molar-refractivity contribution >= 4 is 21.6 Å². The van der Waals surface area contributed by atoms with Gasteiger partial charge in [-0.3, -0.25) is 9.10 Å². The van der Waals surface area contributed by atoms with E-state index < -0.39 is 10.0 Å². The summed E-state index contributed by atoms with van der Waals surface area (Å²) in [5, 5.41) is 0. The van der Waals surface area contributed by atoms with Crippen molar-refractivity contribution in [3.8, 4) is 17.2 Å². The maximum atomic E-state index is 12.7. The van der Waals surface area contributed by atoms with Crippen molar-refractivity contribution in [2.24, 2.45) is 0 Å². The number of hydrogen-bond acceptors (Lipinski definition) is 6. The molecule has 0 fully saturated rings. The Morgan fingerprint density at radius 2 is 1.79 bits per heavy atom. The molecule has 9 heteroatoms. The highest BCUT2D eigenvalue weighted by Crippen LogP contribution is 2.36. The molecule has 8 nitrogen and oxygen atoms in total. The highest BCUT2D eigenvalue weighted by molar-refractivity contribution is 7.92. The molecule has 0 atom stereocenters. The first-order valence-electron chi connectivity index (χ1n) is 8.52. The number of benzene rings is 2. The van der Waals surface area contributed by atoms with Crippen LogP contribution in [-0.4, -0.2) is 53.0 Å². The Morgan fingerprint density at radius 1 is 1.11 bits per heavy atom. The third-order valence-corrected chi connectivity index (χ3v) is 5.47. The summed E-state index contributed by atoms with van der Waals surface area (Å²) in [5.41, 5.74) is 1.25. The zero-order valence-electron chi connectivity index (χ0n) is 15.9. The molecule has 1 aliphatic rings. The van der Waals surface area contributed by atoms with Gasteiger partial charge in [0.1, 0.15) is 12.3 Å². The van der Waals surface area contributed by atoms with E-state index in [1.165, 1.54) is 4.90 Å². The lowest BCUT2D eigenvalue weighted by molar-refractivity contribution is -0.128. The number of rotatable bonds is 7. The highest BCUT2D eigenvalue weighted by atomic mass is 32.2. The van der Waals surface area contributed by atoms with E-state index in [-0.39, 0.29) is 19.2 Å². The molecule has 1 aliphatic heterocycles. The van der Waals surface area contributed by atoms with Crippen molar-refractivity contribution in [3.05, 3.63) is 48.0 Å². The fourth-order valence-corrected chi connectivity index (χ4v) is 3.62. The number of methoxy groups -OCH3 is 1. The summed E-state index contributed by atoms with van der Waals surface area (Å²) in [6.07, 6.45) is 1.06. The van der Waals surface area contributed by atoms with Gasteiger partial charge in [0, 0.05) is 19.7 Å². The van der Waals surface area contributed by atoms with Gasteiger partial charge in [0.15, 0.2) is 11.5 Å². The molecule has 0 spiro atoms. The van der Waals surface area contributed by atoms with Crippen LogP contribution in [-0.2, 0) is 21.4 Å². The van der Waals surface area contributed by atoms with Crippen molar-refractivity contribution in [3.63, 3.8) is 0 Å². The fourth-order valence-electron chi connectivity index (χ4n) is 2.78. The minimum absolute atomic E-state index is 0.0845. The Labute approximate surface area is 164 Å². The number of sulfonamides is 1. The van der Waals surface area contributed by atoms with Crippen molar-refractivity contribution in [1.82, 2.24) is 4.90 Å². The zero-order valence-corrected chi connectivity index (χ0v) is 16.7. The van der Waals surface area contributed by atoms with E-state index in [4.69, 9.17) is 14.2 Å². The maximum Gasteiger partial charge on any atom is 0.243 e. The molecule has 0 bridgehead atoms. The fraction of sp³-hybridized carbons (Fsp3) is 0.316. The third kappa shape index (κ3) is 4.48. The summed E-state index contributed by atoms with van der Waals surface area (Å²) < 4.78 is 41.3.